The van der Waals surface area contributed by atoms with E-state index >= 15 is 0 Å². The molecule has 2 fully saturated rings. The molecule has 0 bridgehead atoms. The van der Waals surface area contributed by atoms with E-state index in [4.69, 9.17) is 0 Å². The van der Waals surface area contributed by atoms with Crippen LogP contribution in [0.3, 0.4) is 0 Å². The van der Waals surface area contributed by atoms with Crippen LogP contribution in [0.1, 0.15) is 18.4 Å². The Balaban J connectivity index is 1.27. The molecule has 0 amide bonds. The molecule has 8 nitrogen and oxygen atoms in total. The molecule has 3 aromatic rings. The highest BCUT2D eigenvalue weighted by molar-refractivity contribution is 9.10. The van der Waals surface area contributed by atoms with Crippen LogP contribution in [0, 0.1) is 12.7 Å². The number of anilines is 3. The molecule has 0 unspecified atom stereocenters. The highest BCUT2D eigenvalue weighted by Crippen LogP contribution is 2.32. The average Bonchev–Trinajstić information content (AvgIpc) is 3.46. The molecule has 0 spiro atoms. The fourth-order valence-corrected chi connectivity index (χ4v) is 5.19. The van der Waals surface area contributed by atoms with Gasteiger partial charge >= 0.3 is 0 Å². The number of nitrogens with one attached hydrogen (secondary N) is 2. The van der Waals surface area contributed by atoms with Crippen LogP contribution in [-0.4, -0.2) is 77.4 Å². The summed E-state index contributed by atoms with van der Waals surface area (Å²) in [4.78, 5) is 15.7. The molecule has 0 atom stereocenters. The smallest absolute Gasteiger partial charge is 0.161 e. The predicted molar refractivity (Wildman–Crippen MR) is 129 cm³/mol. The molecule has 170 valence electrons. The Morgan fingerprint density at radius 2 is 1.81 bits per heavy atom. The van der Waals surface area contributed by atoms with E-state index in [0.29, 0.717) is 0 Å². The molecule has 4 heterocycles. The van der Waals surface area contributed by atoms with Crippen molar-refractivity contribution in [2.45, 2.75) is 19.8 Å². The van der Waals surface area contributed by atoms with Gasteiger partial charge in [0, 0.05) is 50.6 Å². The SMILES string of the molecule is Cc1c(NCCN2CCCC2)cc(F)cc1N1CCN(c2ncnc3[nH]nc(Br)c23)CC1. The number of aromatic nitrogens is 4. The van der Waals surface area contributed by atoms with Crippen molar-refractivity contribution in [1.29, 1.82) is 0 Å². The molecule has 2 saturated heterocycles. The Bertz CT molecular complexity index is 1090. The quantitative estimate of drug-likeness (QED) is 0.534. The highest BCUT2D eigenvalue weighted by atomic mass is 79.9. The minimum absolute atomic E-state index is 0.198. The van der Waals surface area contributed by atoms with Crippen LogP contribution in [0.4, 0.5) is 21.6 Å². The summed E-state index contributed by atoms with van der Waals surface area (Å²) in [5.74, 6) is 0.673. The second-order valence-corrected chi connectivity index (χ2v) is 9.23. The van der Waals surface area contributed by atoms with E-state index < -0.39 is 0 Å². The largest absolute Gasteiger partial charge is 0.383 e. The number of nitrogens with zero attached hydrogens (tertiary/aromatic N) is 6. The second kappa shape index (κ2) is 9.19. The standard InChI is InChI=1S/C22H28BrFN8/c1-15-17(25-4-7-30-5-2-3-6-30)12-16(24)13-18(15)31-8-10-32(11-9-31)22-19-20(23)28-29-21(19)26-14-27-22/h12-14,25H,2-11H2,1H3,(H,26,27,28,29). The van der Waals surface area contributed by atoms with E-state index in [0.717, 1.165) is 77.7 Å². The van der Waals surface area contributed by atoms with Crippen molar-refractivity contribution in [2.75, 3.05) is 67.5 Å². The summed E-state index contributed by atoms with van der Waals surface area (Å²) in [6, 6.07) is 3.28. The van der Waals surface area contributed by atoms with E-state index in [1.807, 2.05) is 0 Å². The zero-order chi connectivity index (χ0) is 22.1. The number of halogens is 2. The minimum atomic E-state index is -0.198. The van der Waals surface area contributed by atoms with Crippen molar-refractivity contribution in [3.63, 3.8) is 0 Å². The van der Waals surface area contributed by atoms with Gasteiger partial charge in [-0.05, 0) is 66.5 Å². The molecule has 0 aliphatic carbocycles. The van der Waals surface area contributed by atoms with Gasteiger partial charge in [-0.3, -0.25) is 5.10 Å². The van der Waals surface area contributed by atoms with E-state index in [-0.39, 0.29) is 5.82 Å². The summed E-state index contributed by atoms with van der Waals surface area (Å²) >= 11 is 3.49. The van der Waals surface area contributed by atoms with Gasteiger partial charge in [-0.1, -0.05) is 0 Å². The second-order valence-electron chi connectivity index (χ2n) is 8.48. The number of fused-ring (bicyclic) bond motifs is 1. The van der Waals surface area contributed by atoms with Gasteiger partial charge in [-0.2, -0.15) is 5.10 Å². The number of H-pyrrole nitrogens is 1. The lowest BCUT2D eigenvalue weighted by Gasteiger charge is -2.37. The topological polar surface area (TPSA) is 76.2 Å². The first-order valence-electron chi connectivity index (χ1n) is 11.2. The summed E-state index contributed by atoms with van der Waals surface area (Å²) in [6.07, 6.45) is 4.13. The molecule has 32 heavy (non-hydrogen) atoms. The van der Waals surface area contributed by atoms with Gasteiger partial charge in [0.2, 0.25) is 0 Å². The fourth-order valence-electron chi connectivity index (χ4n) is 4.74. The van der Waals surface area contributed by atoms with Crippen LogP contribution < -0.4 is 15.1 Å². The first kappa shape index (κ1) is 21.4. The van der Waals surface area contributed by atoms with Crippen molar-refractivity contribution in [2.24, 2.45) is 0 Å². The van der Waals surface area contributed by atoms with Crippen molar-refractivity contribution >= 4 is 44.2 Å². The van der Waals surface area contributed by atoms with Crippen LogP contribution in [-0.2, 0) is 0 Å². The molecule has 5 rings (SSSR count). The maximum atomic E-state index is 14.5. The number of likely N-dealkylation sites (tertiary alicyclic amines) is 1. The van der Waals surface area contributed by atoms with Gasteiger partial charge in [0.05, 0.1) is 5.39 Å². The molecule has 0 saturated carbocycles. The first-order chi connectivity index (χ1) is 15.6. The van der Waals surface area contributed by atoms with Gasteiger partial charge in [-0.25, -0.2) is 14.4 Å². The zero-order valence-electron chi connectivity index (χ0n) is 18.2. The van der Waals surface area contributed by atoms with Crippen LogP contribution in [0.5, 0.6) is 0 Å². The van der Waals surface area contributed by atoms with Crippen molar-refractivity contribution < 1.29 is 4.39 Å². The number of benzene rings is 1. The fraction of sp³-hybridized carbons (Fsp3) is 0.500. The molecule has 2 aliphatic rings. The highest BCUT2D eigenvalue weighted by Gasteiger charge is 2.24. The van der Waals surface area contributed by atoms with Crippen LogP contribution >= 0.6 is 15.9 Å². The molecule has 1 aromatic carbocycles. The Kier molecular flexibility index (Phi) is 6.14. The van der Waals surface area contributed by atoms with Crippen molar-refractivity contribution in [1.82, 2.24) is 25.1 Å². The monoisotopic (exact) mass is 502 g/mol. The molecular formula is C22H28BrFN8. The van der Waals surface area contributed by atoms with Crippen LogP contribution in [0.2, 0.25) is 0 Å². The maximum absolute atomic E-state index is 14.5. The number of piperazine rings is 1. The van der Waals surface area contributed by atoms with Crippen molar-refractivity contribution in [3.8, 4) is 0 Å². The lowest BCUT2D eigenvalue weighted by molar-refractivity contribution is 0.352. The number of hydrogen-bond acceptors (Lipinski definition) is 7. The summed E-state index contributed by atoms with van der Waals surface area (Å²) in [5.41, 5.74) is 3.67. The summed E-state index contributed by atoms with van der Waals surface area (Å²) in [7, 11) is 0. The van der Waals surface area contributed by atoms with E-state index in [1.165, 1.54) is 25.9 Å². The third-order valence-electron chi connectivity index (χ3n) is 6.50. The molecule has 2 N–H and O–H groups in total. The van der Waals surface area contributed by atoms with Gasteiger partial charge in [0.15, 0.2) is 5.65 Å². The number of rotatable bonds is 6. The lowest BCUT2D eigenvalue weighted by atomic mass is 10.1. The summed E-state index contributed by atoms with van der Waals surface area (Å²) in [5, 5.41) is 11.5. The van der Waals surface area contributed by atoms with Crippen LogP contribution in [0.15, 0.2) is 23.1 Å². The molecular weight excluding hydrogens is 475 g/mol. The Labute approximate surface area is 195 Å². The Morgan fingerprint density at radius 1 is 1.06 bits per heavy atom. The number of hydrogen-bond donors (Lipinski definition) is 2. The lowest BCUT2D eigenvalue weighted by Crippen LogP contribution is -2.47. The van der Waals surface area contributed by atoms with Crippen LogP contribution in [0.25, 0.3) is 11.0 Å². The van der Waals surface area contributed by atoms with E-state index in [1.54, 1.807) is 18.5 Å². The number of aromatic amines is 1. The minimum Gasteiger partial charge on any atom is -0.383 e. The third-order valence-corrected chi connectivity index (χ3v) is 7.07. The molecule has 2 aliphatic heterocycles. The first-order valence-corrected chi connectivity index (χ1v) is 12.0. The summed E-state index contributed by atoms with van der Waals surface area (Å²) in [6.45, 7) is 9.42. The molecule has 2 aromatic heterocycles. The van der Waals surface area contributed by atoms with Gasteiger partial charge in [0.25, 0.3) is 0 Å². The van der Waals surface area contributed by atoms with Gasteiger partial charge in [-0.15, -0.1) is 0 Å². The predicted octanol–water partition coefficient (Wildman–Crippen LogP) is 3.40. The van der Waals surface area contributed by atoms with E-state index in [2.05, 4.69) is 63.0 Å². The third kappa shape index (κ3) is 4.25. The van der Waals surface area contributed by atoms with E-state index in [9.17, 15) is 4.39 Å². The Hall–Kier alpha value is -2.46. The average molecular weight is 503 g/mol. The normalized spacial score (nSPS) is 17.5. The molecule has 0 radical (unpaired) electrons. The Morgan fingerprint density at radius 3 is 2.59 bits per heavy atom. The molecule has 10 heteroatoms. The summed E-state index contributed by atoms with van der Waals surface area (Å²) < 4.78 is 15.2. The zero-order valence-corrected chi connectivity index (χ0v) is 19.8. The van der Waals surface area contributed by atoms with Gasteiger partial charge in [0.1, 0.15) is 22.6 Å². The van der Waals surface area contributed by atoms with Crippen molar-refractivity contribution in [3.05, 3.63) is 34.4 Å². The maximum Gasteiger partial charge on any atom is 0.161 e. The van der Waals surface area contributed by atoms with Gasteiger partial charge < -0.3 is 20.0 Å².